The number of nitrogens with two attached hydrogens (primary N) is 1. The van der Waals surface area contributed by atoms with Crippen LogP contribution in [0, 0.1) is 0 Å². The van der Waals surface area contributed by atoms with Gasteiger partial charge >= 0.3 is 5.97 Å². The van der Waals surface area contributed by atoms with Crippen LogP contribution in [0.15, 0.2) is 18.2 Å². The molecule has 1 aliphatic heterocycles. The van der Waals surface area contributed by atoms with Gasteiger partial charge in [0, 0.05) is 11.6 Å². The highest BCUT2D eigenvalue weighted by atomic mass is 16.5. The third-order valence-electron chi connectivity index (χ3n) is 3.52. The Kier molecular flexibility index (Phi) is 4.32. The molecule has 1 aromatic rings. The maximum atomic E-state index is 11.8. The summed E-state index contributed by atoms with van der Waals surface area (Å²) in [6, 6.07) is 3.65. The largest absolute Gasteiger partial charge is 0.497 e. The van der Waals surface area contributed by atoms with Crippen LogP contribution in [-0.2, 0) is 20.9 Å². The van der Waals surface area contributed by atoms with Crippen molar-refractivity contribution in [3.63, 3.8) is 0 Å². The fourth-order valence-corrected chi connectivity index (χ4v) is 2.31. The van der Waals surface area contributed by atoms with Gasteiger partial charge in [0.15, 0.2) is 6.04 Å². The molecule has 0 radical (unpaired) electrons. The first-order valence-electron chi connectivity index (χ1n) is 6.38. The van der Waals surface area contributed by atoms with Gasteiger partial charge in [-0.1, -0.05) is 0 Å². The van der Waals surface area contributed by atoms with Crippen molar-refractivity contribution in [2.75, 3.05) is 21.3 Å². The number of likely N-dealkylation sites (tertiary alicyclic amines) is 1. The number of carbonyl (C=O) groups excluding carboxylic acids is 2. The molecular formula is C14H18N2O5. The fourth-order valence-electron chi connectivity index (χ4n) is 2.31. The molecule has 2 N–H and O–H groups in total. The van der Waals surface area contributed by atoms with Crippen molar-refractivity contribution in [3.05, 3.63) is 23.8 Å². The molecule has 1 aromatic carbocycles. The van der Waals surface area contributed by atoms with E-state index in [1.54, 1.807) is 25.3 Å². The molecule has 0 aliphatic carbocycles. The standard InChI is InChI=1S/C14H18N2O5/c1-19-9-5-4-8(10(6-9)20-2)7-16-12(14(18)21-3)11(15)13(16)17/h4-6,11-12H,7,15H2,1-3H3/t11-,12+/m1/s1. The van der Waals surface area contributed by atoms with Gasteiger partial charge in [-0.15, -0.1) is 0 Å². The van der Waals surface area contributed by atoms with E-state index in [1.807, 2.05) is 0 Å². The Hall–Kier alpha value is -2.28. The van der Waals surface area contributed by atoms with E-state index in [4.69, 9.17) is 15.2 Å². The van der Waals surface area contributed by atoms with Gasteiger partial charge in [-0.2, -0.15) is 0 Å². The molecule has 0 saturated carbocycles. The van der Waals surface area contributed by atoms with E-state index in [9.17, 15) is 9.59 Å². The minimum atomic E-state index is -0.846. The molecule has 1 amide bonds. The second-order valence-electron chi connectivity index (χ2n) is 4.64. The Morgan fingerprint density at radius 2 is 2.00 bits per heavy atom. The molecule has 7 heteroatoms. The number of hydrogen-bond acceptors (Lipinski definition) is 6. The predicted octanol–water partition coefficient (Wildman–Crippen LogP) is -0.0851. The van der Waals surface area contributed by atoms with Crippen molar-refractivity contribution in [1.29, 1.82) is 0 Å². The average molecular weight is 294 g/mol. The van der Waals surface area contributed by atoms with Gasteiger partial charge in [-0.05, 0) is 12.1 Å². The molecule has 114 valence electrons. The van der Waals surface area contributed by atoms with Crippen LogP contribution in [0.3, 0.4) is 0 Å². The van der Waals surface area contributed by atoms with Crippen LogP contribution >= 0.6 is 0 Å². The number of ether oxygens (including phenoxy) is 3. The van der Waals surface area contributed by atoms with E-state index in [0.29, 0.717) is 11.5 Å². The number of amides is 1. The van der Waals surface area contributed by atoms with Crippen molar-refractivity contribution >= 4 is 11.9 Å². The normalized spacial score (nSPS) is 20.8. The average Bonchev–Trinajstić information content (AvgIpc) is 2.53. The number of rotatable bonds is 5. The van der Waals surface area contributed by atoms with Crippen LogP contribution in [0.1, 0.15) is 5.56 Å². The van der Waals surface area contributed by atoms with E-state index >= 15 is 0 Å². The Labute approximate surface area is 122 Å². The molecule has 2 rings (SSSR count). The molecule has 1 fully saturated rings. The smallest absolute Gasteiger partial charge is 0.330 e. The van der Waals surface area contributed by atoms with E-state index in [-0.39, 0.29) is 12.5 Å². The van der Waals surface area contributed by atoms with Gasteiger partial charge < -0.3 is 24.8 Å². The van der Waals surface area contributed by atoms with Gasteiger partial charge in [0.05, 0.1) is 27.9 Å². The van der Waals surface area contributed by atoms with E-state index in [0.717, 1.165) is 5.56 Å². The lowest BCUT2D eigenvalue weighted by molar-refractivity contribution is -0.167. The van der Waals surface area contributed by atoms with Crippen molar-refractivity contribution in [3.8, 4) is 11.5 Å². The molecule has 0 spiro atoms. The van der Waals surface area contributed by atoms with Crippen molar-refractivity contribution in [2.45, 2.75) is 18.6 Å². The summed E-state index contributed by atoms with van der Waals surface area (Å²) in [7, 11) is 4.35. The highest BCUT2D eigenvalue weighted by molar-refractivity contribution is 5.99. The number of carbonyl (C=O) groups is 2. The van der Waals surface area contributed by atoms with Crippen molar-refractivity contribution < 1.29 is 23.8 Å². The van der Waals surface area contributed by atoms with Gasteiger partial charge in [0.2, 0.25) is 5.91 Å². The molecule has 1 heterocycles. The number of methoxy groups -OCH3 is 3. The van der Waals surface area contributed by atoms with Crippen LogP contribution in [0.2, 0.25) is 0 Å². The minimum Gasteiger partial charge on any atom is -0.497 e. The Morgan fingerprint density at radius 3 is 2.57 bits per heavy atom. The summed E-state index contributed by atoms with van der Waals surface area (Å²) in [4.78, 5) is 24.9. The highest BCUT2D eigenvalue weighted by Gasteiger charge is 2.50. The van der Waals surface area contributed by atoms with Gasteiger partial charge in [-0.3, -0.25) is 4.79 Å². The molecular weight excluding hydrogens is 276 g/mol. The summed E-state index contributed by atoms with van der Waals surface area (Å²) in [6.45, 7) is 0.222. The Morgan fingerprint density at radius 1 is 1.29 bits per heavy atom. The first-order valence-corrected chi connectivity index (χ1v) is 6.38. The Balaban J connectivity index is 2.21. The number of nitrogens with zero attached hydrogens (tertiary/aromatic N) is 1. The number of β-lactam (4-membered cyclic amide) rings is 1. The van der Waals surface area contributed by atoms with Gasteiger partial charge in [0.25, 0.3) is 0 Å². The van der Waals surface area contributed by atoms with Crippen LogP contribution < -0.4 is 15.2 Å². The number of benzene rings is 1. The summed E-state index contributed by atoms with van der Waals surface area (Å²) in [5.41, 5.74) is 6.42. The zero-order valence-corrected chi connectivity index (χ0v) is 12.2. The maximum absolute atomic E-state index is 11.8. The monoisotopic (exact) mass is 294 g/mol. The van der Waals surface area contributed by atoms with E-state index in [1.165, 1.54) is 19.1 Å². The number of esters is 1. The first-order chi connectivity index (χ1) is 10.0. The lowest BCUT2D eigenvalue weighted by Gasteiger charge is -2.43. The van der Waals surface area contributed by atoms with Crippen molar-refractivity contribution in [1.82, 2.24) is 4.90 Å². The van der Waals surface area contributed by atoms with Crippen LogP contribution in [0.25, 0.3) is 0 Å². The fraction of sp³-hybridized carbons (Fsp3) is 0.429. The van der Waals surface area contributed by atoms with E-state index < -0.39 is 18.1 Å². The molecule has 1 aliphatic rings. The third-order valence-corrected chi connectivity index (χ3v) is 3.52. The van der Waals surface area contributed by atoms with Crippen LogP contribution in [0.4, 0.5) is 0 Å². The van der Waals surface area contributed by atoms with Crippen LogP contribution in [-0.4, -0.2) is 50.2 Å². The quantitative estimate of drug-likeness (QED) is 0.603. The lowest BCUT2D eigenvalue weighted by atomic mass is 9.95. The van der Waals surface area contributed by atoms with Gasteiger partial charge in [-0.25, -0.2) is 4.79 Å². The highest BCUT2D eigenvalue weighted by Crippen LogP contribution is 2.29. The summed E-state index contributed by atoms with van der Waals surface area (Å²) < 4.78 is 15.1. The Bertz CT molecular complexity index is 560. The first kappa shape index (κ1) is 15.1. The third kappa shape index (κ3) is 2.64. The molecule has 2 atom stereocenters. The molecule has 21 heavy (non-hydrogen) atoms. The molecule has 0 aromatic heterocycles. The lowest BCUT2D eigenvalue weighted by Crippen LogP contribution is -2.71. The topological polar surface area (TPSA) is 91.1 Å². The molecule has 7 nitrogen and oxygen atoms in total. The second kappa shape index (κ2) is 6.01. The zero-order valence-electron chi connectivity index (χ0n) is 12.2. The zero-order chi connectivity index (χ0) is 15.6. The summed E-state index contributed by atoms with van der Waals surface area (Å²) in [6.07, 6.45) is 0. The maximum Gasteiger partial charge on any atom is 0.330 e. The number of hydrogen-bond donors (Lipinski definition) is 1. The summed E-state index contributed by atoms with van der Waals surface area (Å²) in [5, 5.41) is 0. The van der Waals surface area contributed by atoms with Crippen molar-refractivity contribution in [2.24, 2.45) is 5.73 Å². The van der Waals surface area contributed by atoms with Gasteiger partial charge in [0.1, 0.15) is 17.5 Å². The molecule has 0 bridgehead atoms. The summed E-state index contributed by atoms with van der Waals surface area (Å²) >= 11 is 0. The summed E-state index contributed by atoms with van der Waals surface area (Å²) in [5.74, 6) is 0.413. The molecule has 0 unspecified atom stereocenters. The minimum absolute atomic E-state index is 0.222. The molecule has 1 saturated heterocycles. The van der Waals surface area contributed by atoms with Crippen LogP contribution in [0.5, 0.6) is 11.5 Å². The SMILES string of the molecule is COC(=O)[C@@H]1[C@@H](N)C(=O)N1Cc1ccc(OC)cc1OC. The predicted molar refractivity (Wildman–Crippen MR) is 73.9 cm³/mol. The second-order valence-corrected chi connectivity index (χ2v) is 4.64. The van der Waals surface area contributed by atoms with E-state index in [2.05, 4.69) is 4.74 Å².